The average molecular weight is 289 g/mol. The van der Waals surface area contributed by atoms with Crippen molar-refractivity contribution >= 4 is 11.6 Å². The molecule has 0 atom stereocenters. The third-order valence-corrected chi connectivity index (χ3v) is 3.51. The van der Waals surface area contributed by atoms with E-state index >= 15 is 0 Å². The number of nitrogens with zero attached hydrogens (tertiary/aromatic N) is 2. The fourth-order valence-corrected chi connectivity index (χ4v) is 2.39. The molecule has 0 radical (unpaired) electrons. The van der Waals surface area contributed by atoms with E-state index in [4.69, 9.17) is 5.11 Å². The molecule has 0 saturated heterocycles. The van der Waals surface area contributed by atoms with E-state index in [-0.39, 0.29) is 12.5 Å². The highest BCUT2D eigenvalue weighted by Crippen LogP contribution is 2.14. The van der Waals surface area contributed by atoms with Crippen LogP contribution in [0.5, 0.6) is 0 Å². The van der Waals surface area contributed by atoms with Crippen molar-refractivity contribution in [3.05, 3.63) is 35.3 Å². The van der Waals surface area contributed by atoms with Crippen LogP contribution >= 0.6 is 0 Å². The number of aliphatic hydroxyl groups is 1. The van der Waals surface area contributed by atoms with Crippen LogP contribution in [0.25, 0.3) is 5.65 Å². The molecule has 0 unspecified atom stereocenters. The number of fused-ring (bicyclic) bond motifs is 1. The summed E-state index contributed by atoms with van der Waals surface area (Å²) in [4.78, 5) is 16.9. The van der Waals surface area contributed by atoms with Crippen molar-refractivity contribution in [1.82, 2.24) is 14.7 Å². The molecule has 5 nitrogen and oxygen atoms in total. The van der Waals surface area contributed by atoms with Gasteiger partial charge in [0.2, 0.25) is 0 Å². The average Bonchev–Trinajstić information content (AvgIpc) is 2.84. The first-order chi connectivity index (χ1) is 10.2. The molecule has 0 aliphatic carbocycles. The number of carbonyl (C=O) groups is 1. The zero-order valence-electron chi connectivity index (χ0n) is 12.7. The van der Waals surface area contributed by atoms with E-state index in [0.717, 1.165) is 42.6 Å². The topological polar surface area (TPSA) is 66.6 Å². The first-order valence-corrected chi connectivity index (χ1v) is 7.54. The second-order valence-corrected chi connectivity index (χ2v) is 5.24. The molecule has 2 heterocycles. The van der Waals surface area contributed by atoms with Crippen LogP contribution in [0.15, 0.2) is 18.3 Å². The zero-order chi connectivity index (χ0) is 15.2. The lowest BCUT2D eigenvalue weighted by molar-refractivity contribution is 0.0946. The second kappa shape index (κ2) is 7.22. The largest absolute Gasteiger partial charge is 0.396 e. The third kappa shape index (κ3) is 3.61. The second-order valence-electron chi connectivity index (χ2n) is 5.24. The Morgan fingerprint density at radius 2 is 2.14 bits per heavy atom. The summed E-state index contributed by atoms with van der Waals surface area (Å²) in [6.45, 7) is 4.84. The van der Waals surface area contributed by atoms with Gasteiger partial charge in [0.15, 0.2) is 0 Å². The van der Waals surface area contributed by atoms with Gasteiger partial charge in [-0.1, -0.05) is 13.0 Å². The maximum absolute atomic E-state index is 12.4. The van der Waals surface area contributed by atoms with Crippen LogP contribution in [0.3, 0.4) is 0 Å². The zero-order valence-corrected chi connectivity index (χ0v) is 12.7. The van der Waals surface area contributed by atoms with Gasteiger partial charge < -0.3 is 10.4 Å². The number of aromatic nitrogens is 2. The Hall–Kier alpha value is -1.88. The van der Waals surface area contributed by atoms with Crippen LogP contribution in [-0.2, 0) is 6.42 Å². The summed E-state index contributed by atoms with van der Waals surface area (Å²) in [7, 11) is 0. The molecule has 2 N–H and O–H groups in total. The molecular formula is C16H23N3O2. The number of hydrogen-bond acceptors (Lipinski definition) is 3. The molecule has 0 spiro atoms. The summed E-state index contributed by atoms with van der Waals surface area (Å²) in [5.74, 6) is -0.0750. The minimum Gasteiger partial charge on any atom is -0.396 e. The number of hydrogen-bond donors (Lipinski definition) is 2. The molecule has 0 aromatic carbocycles. The fourth-order valence-electron chi connectivity index (χ4n) is 2.39. The Balaban J connectivity index is 2.15. The quantitative estimate of drug-likeness (QED) is 0.767. The SMILES string of the molecule is CCc1nc2ccc(C)cn2c1C(=O)NCCCCCO. The molecule has 5 heteroatoms. The van der Waals surface area contributed by atoms with Gasteiger partial charge in [0.05, 0.1) is 5.69 Å². The molecule has 2 aromatic rings. The summed E-state index contributed by atoms with van der Waals surface area (Å²) < 4.78 is 1.87. The summed E-state index contributed by atoms with van der Waals surface area (Å²) in [5.41, 5.74) is 3.37. The van der Waals surface area contributed by atoms with Gasteiger partial charge in [-0.05, 0) is 44.2 Å². The lowest BCUT2D eigenvalue weighted by Crippen LogP contribution is -2.26. The molecule has 0 saturated carbocycles. The van der Waals surface area contributed by atoms with Gasteiger partial charge in [0.25, 0.3) is 5.91 Å². The normalized spacial score (nSPS) is 11.0. The predicted octanol–water partition coefficient (Wildman–Crippen LogP) is 2.10. The molecular weight excluding hydrogens is 266 g/mol. The van der Waals surface area contributed by atoms with Gasteiger partial charge in [-0.25, -0.2) is 4.98 Å². The molecule has 114 valence electrons. The predicted molar refractivity (Wildman–Crippen MR) is 82.6 cm³/mol. The first kappa shape index (κ1) is 15.5. The van der Waals surface area contributed by atoms with Gasteiger partial charge >= 0.3 is 0 Å². The summed E-state index contributed by atoms with van der Waals surface area (Å²) in [6.07, 6.45) is 5.26. The van der Waals surface area contributed by atoms with Gasteiger partial charge in [-0.2, -0.15) is 0 Å². The minimum atomic E-state index is -0.0750. The number of nitrogens with one attached hydrogen (secondary N) is 1. The maximum atomic E-state index is 12.4. The lowest BCUT2D eigenvalue weighted by Gasteiger charge is -2.07. The number of pyridine rings is 1. The van der Waals surface area contributed by atoms with Crippen molar-refractivity contribution in [3.8, 4) is 0 Å². The highest BCUT2D eigenvalue weighted by atomic mass is 16.2. The van der Waals surface area contributed by atoms with E-state index in [0.29, 0.717) is 12.2 Å². The van der Waals surface area contributed by atoms with E-state index in [9.17, 15) is 4.79 Å². The Morgan fingerprint density at radius 1 is 1.33 bits per heavy atom. The van der Waals surface area contributed by atoms with Crippen molar-refractivity contribution in [2.45, 2.75) is 39.5 Å². The first-order valence-electron chi connectivity index (χ1n) is 7.54. The Morgan fingerprint density at radius 3 is 2.86 bits per heavy atom. The van der Waals surface area contributed by atoms with Crippen LogP contribution in [0, 0.1) is 6.92 Å². The van der Waals surface area contributed by atoms with E-state index in [1.54, 1.807) is 0 Å². The van der Waals surface area contributed by atoms with Gasteiger partial charge in [0.1, 0.15) is 11.3 Å². The molecule has 1 amide bonds. The molecule has 2 aromatic heterocycles. The third-order valence-electron chi connectivity index (χ3n) is 3.51. The van der Waals surface area contributed by atoms with Crippen LogP contribution < -0.4 is 5.32 Å². The smallest absolute Gasteiger partial charge is 0.270 e. The monoisotopic (exact) mass is 289 g/mol. The van der Waals surface area contributed by atoms with Crippen molar-refractivity contribution in [3.63, 3.8) is 0 Å². The number of aryl methyl sites for hydroxylation is 2. The molecule has 0 bridgehead atoms. The highest BCUT2D eigenvalue weighted by Gasteiger charge is 2.17. The molecule has 0 aliphatic rings. The number of rotatable bonds is 7. The van der Waals surface area contributed by atoms with Crippen LogP contribution in [0.2, 0.25) is 0 Å². The molecule has 21 heavy (non-hydrogen) atoms. The van der Waals surface area contributed by atoms with Crippen molar-refractivity contribution in [2.75, 3.05) is 13.2 Å². The summed E-state index contributed by atoms with van der Waals surface area (Å²) in [5, 5.41) is 11.7. The molecule has 0 fully saturated rings. The molecule has 0 aliphatic heterocycles. The Labute approximate surface area is 125 Å². The van der Waals surface area contributed by atoms with Gasteiger partial charge in [-0.15, -0.1) is 0 Å². The van der Waals surface area contributed by atoms with Crippen LogP contribution in [-0.4, -0.2) is 33.6 Å². The molecule has 2 rings (SSSR count). The van der Waals surface area contributed by atoms with Crippen LogP contribution in [0.4, 0.5) is 0 Å². The highest BCUT2D eigenvalue weighted by molar-refractivity contribution is 5.94. The van der Waals surface area contributed by atoms with E-state index in [1.165, 1.54) is 0 Å². The minimum absolute atomic E-state index is 0.0750. The van der Waals surface area contributed by atoms with E-state index in [2.05, 4.69) is 10.3 Å². The number of aliphatic hydroxyl groups excluding tert-OH is 1. The van der Waals surface area contributed by atoms with Crippen LogP contribution in [0.1, 0.15) is 47.9 Å². The maximum Gasteiger partial charge on any atom is 0.270 e. The van der Waals surface area contributed by atoms with Gasteiger partial charge in [-0.3, -0.25) is 9.20 Å². The Kier molecular flexibility index (Phi) is 5.33. The van der Waals surface area contributed by atoms with Gasteiger partial charge in [0, 0.05) is 19.3 Å². The number of imidazole rings is 1. The van der Waals surface area contributed by atoms with Crippen molar-refractivity contribution in [1.29, 1.82) is 0 Å². The van der Waals surface area contributed by atoms with E-state index in [1.807, 2.05) is 36.6 Å². The lowest BCUT2D eigenvalue weighted by atomic mass is 10.2. The fraction of sp³-hybridized carbons (Fsp3) is 0.500. The number of unbranched alkanes of at least 4 members (excludes halogenated alkanes) is 2. The van der Waals surface area contributed by atoms with Crippen molar-refractivity contribution < 1.29 is 9.90 Å². The number of amides is 1. The summed E-state index contributed by atoms with van der Waals surface area (Å²) in [6, 6.07) is 3.94. The van der Waals surface area contributed by atoms with E-state index < -0.39 is 0 Å². The van der Waals surface area contributed by atoms with Crippen molar-refractivity contribution in [2.24, 2.45) is 0 Å². The summed E-state index contributed by atoms with van der Waals surface area (Å²) >= 11 is 0. The number of carbonyl (C=O) groups excluding carboxylic acids is 1. The standard InChI is InChI=1S/C16H23N3O2/c1-3-13-15(16(21)17-9-5-4-6-10-20)19-11-12(2)7-8-14(19)18-13/h7-8,11,20H,3-6,9-10H2,1-2H3,(H,17,21). The Bertz CT molecular complexity index is 619.